The van der Waals surface area contributed by atoms with Gasteiger partial charge in [-0.1, -0.05) is 24.8 Å². The summed E-state index contributed by atoms with van der Waals surface area (Å²) in [6.45, 7) is 5.90. The molecule has 0 radical (unpaired) electrons. The molecule has 0 aliphatic heterocycles. The van der Waals surface area contributed by atoms with Gasteiger partial charge in [-0.2, -0.15) is 5.26 Å². The summed E-state index contributed by atoms with van der Waals surface area (Å²) in [6, 6.07) is 7.59. The number of hydrogen-bond donors (Lipinski definition) is 0. The first-order valence-corrected chi connectivity index (χ1v) is 4.03. The van der Waals surface area contributed by atoms with Crippen molar-refractivity contribution in [2.24, 2.45) is 0 Å². The van der Waals surface area contributed by atoms with Crippen molar-refractivity contribution in [3.63, 3.8) is 0 Å². The Morgan fingerprint density at radius 2 is 2.38 bits per heavy atom. The average Bonchev–Trinajstić information content (AvgIpc) is 2.15. The lowest BCUT2D eigenvalue weighted by molar-refractivity contribution is 0.359. The number of nitrogens with zero attached hydrogens (tertiary/aromatic N) is 1. The molecule has 1 aromatic carbocycles. The summed E-state index contributed by atoms with van der Waals surface area (Å²) in [7, 11) is 0. The van der Waals surface area contributed by atoms with E-state index >= 15 is 0 Å². The maximum Gasteiger partial charge on any atom is 0.140 e. The number of ether oxygens (including phenoxy) is 1. The van der Waals surface area contributed by atoms with E-state index in [1.54, 1.807) is 12.1 Å². The Morgan fingerprint density at radius 1 is 1.62 bits per heavy atom. The summed E-state index contributed by atoms with van der Waals surface area (Å²) in [5, 5.41) is 8.79. The largest absolute Gasteiger partial charge is 0.488 e. The number of rotatable bonds is 3. The summed E-state index contributed by atoms with van der Waals surface area (Å²) in [5.74, 6) is 0.657. The Bertz CT molecular complexity index is 350. The van der Waals surface area contributed by atoms with Gasteiger partial charge in [0.1, 0.15) is 18.4 Å². The smallest absolute Gasteiger partial charge is 0.140 e. The number of benzene rings is 1. The van der Waals surface area contributed by atoms with Crippen LogP contribution in [0.1, 0.15) is 11.1 Å². The highest BCUT2D eigenvalue weighted by Gasteiger charge is 2.04. The van der Waals surface area contributed by atoms with Crippen LogP contribution in [0.25, 0.3) is 0 Å². The molecule has 2 nitrogen and oxygen atoms in total. The second-order valence-electron chi connectivity index (χ2n) is 2.66. The Hall–Kier alpha value is -1.75. The van der Waals surface area contributed by atoms with Crippen molar-refractivity contribution >= 4 is 0 Å². The third-order valence-electron chi connectivity index (χ3n) is 1.68. The summed E-state index contributed by atoms with van der Waals surface area (Å²) >= 11 is 0. The molecule has 0 amide bonds. The van der Waals surface area contributed by atoms with Crippen LogP contribution in [0, 0.1) is 18.3 Å². The molecule has 0 fully saturated rings. The Kier molecular flexibility index (Phi) is 3.10. The van der Waals surface area contributed by atoms with Crippen molar-refractivity contribution in [1.82, 2.24) is 0 Å². The van der Waals surface area contributed by atoms with E-state index in [4.69, 9.17) is 10.00 Å². The van der Waals surface area contributed by atoms with Crippen LogP contribution < -0.4 is 4.74 Å². The second kappa shape index (κ2) is 4.32. The van der Waals surface area contributed by atoms with Gasteiger partial charge in [-0.05, 0) is 18.6 Å². The van der Waals surface area contributed by atoms with E-state index in [0.29, 0.717) is 17.9 Å². The first-order chi connectivity index (χ1) is 6.29. The topological polar surface area (TPSA) is 33.0 Å². The van der Waals surface area contributed by atoms with Crippen molar-refractivity contribution in [2.75, 3.05) is 6.61 Å². The zero-order chi connectivity index (χ0) is 9.68. The highest BCUT2D eigenvalue weighted by molar-refractivity contribution is 5.47. The molecule has 13 heavy (non-hydrogen) atoms. The number of nitriles is 1. The van der Waals surface area contributed by atoms with Crippen LogP contribution in [0.2, 0.25) is 0 Å². The van der Waals surface area contributed by atoms with Gasteiger partial charge in [-0.3, -0.25) is 0 Å². The fourth-order valence-electron chi connectivity index (χ4n) is 1.07. The molecular formula is C11H11NO. The molecule has 1 aromatic rings. The lowest BCUT2D eigenvalue weighted by atomic mass is 10.1. The minimum Gasteiger partial charge on any atom is -0.488 e. The summed E-state index contributed by atoms with van der Waals surface area (Å²) in [6.07, 6.45) is 1.66. The predicted molar refractivity (Wildman–Crippen MR) is 51.6 cm³/mol. The van der Waals surface area contributed by atoms with Gasteiger partial charge in [0.15, 0.2) is 0 Å². The number of hydrogen-bond acceptors (Lipinski definition) is 2. The van der Waals surface area contributed by atoms with E-state index < -0.39 is 0 Å². The molecule has 2 heteroatoms. The molecule has 1 rings (SSSR count). The highest BCUT2D eigenvalue weighted by atomic mass is 16.5. The first kappa shape index (κ1) is 9.34. The SMILES string of the molecule is C=CCOc1c(C)cccc1C#N. The summed E-state index contributed by atoms with van der Waals surface area (Å²) in [5.41, 5.74) is 1.54. The molecule has 0 aromatic heterocycles. The average molecular weight is 173 g/mol. The Morgan fingerprint density at radius 3 is 3.00 bits per heavy atom. The molecule has 66 valence electrons. The maximum absolute atomic E-state index is 8.79. The summed E-state index contributed by atoms with van der Waals surface area (Å²) < 4.78 is 5.37. The molecule has 0 heterocycles. The van der Waals surface area contributed by atoms with Crippen molar-refractivity contribution < 1.29 is 4.74 Å². The lowest BCUT2D eigenvalue weighted by Gasteiger charge is -2.07. The van der Waals surface area contributed by atoms with Crippen molar-refractivity contribution in [3.8, 4) is 11.8 Å². The third-order valence-corrected chi connectivity index (χ3v) is 1.68. The first-order valence-electron chi connectivity index (χ1n) is 4.03. The van der Waals surface area contributed by atoms with E-state index in [1.807, 2.05) is 19.1 Å². The van der Waals surface area contributed by atoms with Crippen LogP contribution >= 0.6 is 0 Å². The number of aryl methyl sites for hydroxylation is 1. The molecule has 0 aliphatic rings. The van der Waals surface area contributed by atoms with Crippen molar-refractivity contribution in [1.29, 1.82) is 5.26 Å². The van der Waals surface area contributed by atoms with Gasteiger partial charge in [0.05, 0.1) is 5.56 Å². The van der Waals surface area contributed by atoms with E-state index in [2.05, 4.69) is 12.6 Å². The molecule has 0 aliphatic carbocycles. The minimum atomic E-state index is 0.430. The Balaban J connectivity index is 3.02. The lowest BCUT2D eigenvalue weighted by Crippen LogP contribution is -1.97. The molecule has 0 bridgehead atoms. The third kappa shape index (κ3) is 2.09. The van der Waals surface area contributed by atoms with Crippen molar-refractivity contribution in [3.05, 3.63) is 42.0 Å². The normalized spacial score (nSPS) is 8.92. The summed E-state index contributed by atoms with van der Waals surface area (Å²) in [4.78, 5) is 0. The monoisotopic (exact) mass is 173 g/mol. The highest BCUT2D eigenvalue weighted by Crippen LogP contribution is 2.22. The molecule has 0 unspecified atom stereocenters. The van der Waals surface area contributed by atoms with Crippen LogP contribution in [0.4, 0.5) is 0 Å². The van der Waals surface area contributed by atoms with Gasteiger partial charge < -0.3 is 4.74 Å². The van der Waals surface area contributed by atoms with E-state index in [1.165, 1.54) is 0 Å². The van der Waals surface area contributed by atoms with Crippen LogP contribution in [0.3, 0.4) is 0 Å². The van der Waals surface area contributed by atoms with Crippen LogP contribution in [-0.2, 0) is 0 Å². The van der Waals surface area contributed by atoms with Crippen LogP contribution in [0.15, 0.2) is 30.9 Å². The fraction of sp³-hybridized carbons (Fsp3) is 0.182. The van der Waals surface area contributed by atoms with E-state index in [9.17, 15) is 0 Å². The minimum absolute atomic E-state index is 0.430. The second-order valence-corrected chi connectivity index (χ2v) is 2.66. The Labute approximate surface area is 78.1 Å². The fourth-order valence-corrected chi connectivity index (χ4v) is 1.07. The maximum atomic E-state index is 8.79. The van der Waals surface area contributed by atoms with Gasteiger partial charge in [0.25, 0.3) is 0 Å². The van der Waals surface area contributed by atoms with Gasteiger partial charge in [0.2, 0.25) is 0 Å². The van der Waals surface area contributed by atoms with E-state index in [0.717, 1.165) is 5.56 Å². The quantitative estimate of drug-likeness (QED) is 0.657. The van der Waals surface area contributed by atoms with Crippen LogP contribution in [0.5, 0.6) is 5.75 Å². The standard InChI is InChI=1S/C11H11NO/c1-3-7-13-11-9(2)5-4-6-10(11)8-12/h3-6H,1,7H2,2H3. The van der Waals surface area contributed by atoms with Gasteiger partial charge >= 0.3 is 0 Å². The van der Waals surface area contributed by atoms with Gasteiger partial charge in [-0.25, -0.2) is 0 Å². The molecular weight excluding hydrogens is 162 g/mol. The number of para-hydroxylation sites is 1. The molecule has 0 N–H and O–H groups in total. The van der Waals surface area contributed by atoms with E-state index in [-0.39, 0.29) is 0 Å². The zero-order valence-corrected chi connectivity index (χ0v) is 7.58. The van der Waals surface area contributed by atoms with Crippen LogP contribution in [-0.4, -0.2) is 6.61 Å². The van der Waals surface area contributed by atoms with Gasteiger partial charge in [-0.15, -0.1) is 0 Å². The molecule has 0 saturated carbocycles. The zero-order valence-electron chi connectivity index (χ0n) is 7.58. The van der Waals surface area contributed by atoms with Gasteiger partial charge in [0, 0.05) is 0 Å². The molecule has 0 saturated heterocycles. The molecule has 0 spiro atoms. The van der Waals surface area contributed by atoms with Crippen molar-refractivity contribution in [2.45, 2.75) is 6.92 Å². The predicted octanol–water partition coefficient (Wildman–Crippen LogP) is 2.43. The molecule has 0 atom stereocenters.